The quantitative estimate of drug-likeness (QED) is 0.0476. The normalized spacial score (nSPS) is 22.8. The average molecular weight is 671 g/mol. The highest BCUT2D eigenvalue weighted by Crippen LogP contribution is 2.26. The van der Waals surface area contributed by atoms with Crippen LogP contribution in [0, 0.1) is 0 Å². The van der Waals surface area contributed by atoms with Crippen molar-refractivity contribution >= 4 is 16.4 Å². The molecule has 0 amide bonds. The molecule has 1 fully saturated rings. The molecule has 0 radical (unpaired) electrons. The fraction of sp³-hybridized carbons (Fsp3) is 0.969. The van der Waals surface area contributed by atoms with Gasteiger partial charge in [-0.2, -0.15) is 8.42 Å². The Labute approximate surface area is 271 Å². The lowest BCUT2D eigenvalue weighted by molar-refractivity contribution is -0.301. The highest BCUT2D eigenvalue weighted by molar-refractivity contribution is 7.80. The van der Waals surface area contributed by atoms with Crippen molar-refractivity contribution in [3.05, 3.63) is 0 Å². The third-order valence-corrected chi connectivity index (χ3v) is 8.44. The van der Waals surface area contributed by atoms with Crippen LogP contribution >= 0.6 is 0 Å². The van der Waals surface area contributed by atoms with Gasteiger partial charge in [0.15, 0.2) is 6.29 Å². The van der Waals surface area contributed by atoms with E-state index in [0.29, 0.717) is 13.0 Å². The number of esters is 1. The lowest BCUT2D eigenvalue weighted by Crippen LogP contribution is -2.60. The molecule has 12 nitrogen and oxygen atoms in total. The van der Waals surface area contributed by atoms with E-state index in [4.69, 9.17) is 23.5 Å². The summed E-state index contributed by atoms with van der Waals surface area (Å²) in [5.41, 5.74) is 0. The van der Waals surface area contributed by atoms with Gasteiger partial charge in [0.1, 0.15) is 30.5 Å². The van der Waals surface area contributed by atoms with Gasteiger partial charge in [0.25, 0.3) is 0 Å². The van der Waals surface area contributed by atoms with E-state index in [1.807, 2.05) is 0 Å². The highest BCUT2D eigenvalue weighted by atomic mass is 32.3. The molecule has 1 rings (SSSR count). The van der Waals surface area contributed by atoms with Gasteiger partial charge in [0.2, 0.25) is 0 Å². The van der Waals surface area contributed by atoms with Crippen molar-refractivity contribution in [3.63, 3.8) is 0 Å². The van der Waals surface area contributed by atoms with Crippen LogP contribution in [0.4, 0.5) is 0 Å². The van der Waals surface area contributed by atoms with Crippen LogP contribution in [0.1, 0.15) is 136 Å². The van der Waals surface area contributed by atoms with Crippen LogP contribution in [0.3, 0.4) is 0 Å². The Hall–Kier alpha value is -0.900. The molecule has 6 unspecified atom stereocenters. The zero-order chi connectivity index (χ0) is 33.3. The number of hydrogen-bond donors (Lipinski definition) is 4. The summed E-state index contributed by atoms with van der Waals surface area (Å²) in [7, 11) is -5.04. The first-order valence-electron chi connectivity index (χ1n) is 17.3. The standard InChI is InChI=1S/C32H62O12S/c1-3-5-7-9-10-11-12-13-14-15-16-17-18-20-22-40-24-26(42-28(34)21-19-8-6-4-2)25-41-32-30(36)31(44-45(37,38)39)29(35)27(23-33)43-32/h26-27,29-33,35-36H,3-25H2,1-2H3,(H,37,38,39). The number of carbonyl (C=O) groups is 1. The number of hydrogen-bond acceptors (Lipinski definition) is 11. The van der Waals surface area contributed by atoms with Crippen LogP contribution in [-0.2, 0) is 38.3 Å². The van der Waals surface area contributed by atoms with Crippen molar-refractivity contribution in [2.45, 2.75) is 173 Å². The van der Waals surface area contributed by atoms with Crippen LogP contribution in [0.15, 0.2) is 0 Å². The van der Waals surface area contributed by atoms with E-state index in [1.165, 1.54) is 70.6 Å². The molecule has 6 atom stereocenters. The molecule has 0 aromatic carbocycles. The molecule has 13 heteroatoms. The summed E-state index contributed by atoms with van der Waals surface area (Å²) in [6.07, 6.45) is 12.2. The van der Waals surface area contributed by atoms with Crippen molar-refractivity contribution in [3.8, 4) is 0 Å². The molecule has 1 aliphatic rings. The second kappa shape index (κ2) is 26.1. The third-order valence-electron chi connectivity index (χ3n) is 7.98. The first-order valence-corrected chi connectivity index (χ1v) is 18.7. The molecule has 45 heavy (non-hydrogen) atoms. The molecule has 0 bridgehead atoms. The average Bonchev–Trinajstić information content (AvgIpc) is 3.00. The van der Waals surface area contributed by atoms with E-state index in [-0.39, 0.29) is 19.6 Å². The van der Waals surface area contributed by atoms with Gasteiger partial charge in [-0.3, -0.25) is 9.35 Å². The van der Waals surface area contributed by atoms with Crippen molar-refractivity contribution in [2.24, 2.45) is 0 Å². The molecule has 0 saturated carbocycles. The fourth-order valence-corrected chi connectivity index (χ4v) is 5.83. The summed E-state index contributed by atoms with van der Waals surface area (Å²) in [5, 5.41) is 30.3. The van der Waals surface area contributed by atoms with E-state index in [1.54, 1.807) is 0 Å². The van der Waals surface area contributed by atoms with E-state index < -0.39 is 59.8 Å². The molecular weight excluding hydrogens is 608 g/mol. The van der Waals surface area contributed by atoms with Crippen LogP contribution in [0.25, 0.3) is 0 Å². The molecule has 0 aromatic rings. The Balaban J connectivity index is 2.44. The highest BCUT2D eigenvalue weighted by Gasteiger charge is 2.48. The predicted octanol–water partition coefficient (Wildman–Crippen LogP) is 5.01. The fourth-order valence-electron chi connectivity index (χ4n) is 5.32. The first-order chi connectivity index (χ1) is 21.6. The van der Waals surface area contributed by atoms with Gasteiger partial charge in [0, 0.05) is 13.0 Å². The molecule has 4 N–H and O–H groups in total. The molecule has 1 heterocycles. The molecule has 0 aliphatic carbocycles. The summed E-state index contributed by atoms with van der Waals surface area (Å²) in [5.74, 6) is -0.416. The molecule has 268 valence electrons. The van der Waals surface area contributed by atoms with Crippen molar-refractivity contribution in [1.29, 1.82) is 0 Å². The minimum atomic E-state index is -5.04. The van der Waals surface area contributed by atoms with Gasteiger partial charge in [-0.15, -0.1) is 0 Å². The number of aliphatic hydroxyl groups excluding tert-OH is 3. The second-order valence-electron chi connectivity index (χ2n) is 12.1. The molecule has 1 saturated heterocycles. The van der Waals surface area contributed by atoms with E-state index >= 15 is 0 Å². The van der Waals surface area contributed by atoms with Crippen molar-refractivity contribution in [2.75, 3.05) is 26.4 Å². The summed E-state index contributed by atoms with van der Waals surface area (Å²) in [6, 6.07) is 0. The Morgan fingerprint density at radius 1 is 0.756 bits per heavy atom. The first kappa shape index (κ1) is 42.1. The minimum Gasteiger partial charge on any atom is -0.457 e. The van der Waals surface area contributed by atoms with Gasteiger partial charge in [-0.25, -0.2) is 4.18 Å². The third kappa shape index (κ3) is 20.8. The number of ether oxygens (including phenoxy) is 4. The van der Waals surface area contributed by atoms with E-state index in [2.05, 4.69) is 18.0 Å². The smallest absolute Gasteiger partial charge is 0.397 e. The number of unbranched alkanes of at least 4 members (excludes halogenated alkanes) is 16. The van der Waals surface area contributed by atoms with Crippen LogP contribution in [0.5, 0.6) is 0 Å². The number of rotatable bonds is 29. The number of aliphatic hydroxyl groups is 3. The molecular formula is C32H62O12S. The van der Waals surface area contributed by atoms with Crippen LogP contribution in [0.2, 0.25) is 0 Å². The molecule has 1 aliphatic heterocycles. The van der Waals surface area contributed by atoms with Gasteiger partial charge >= 0.3 is 16.4 Å². The maximum Gasteiger partial charge on any atom is 0.397 e. The van der Waals surface area contributed by atoms with Gasteiger partial charge < -0.3 is 34.3 Å². The SMILES string of the molecule is CCCCCCCCCCCCCCCCOCC(COC1OC(CO)C(O)C(OS(=O)(=O)O)C1O)OC(=O)CCCCCC. The summed E-state index contributed by atoms with van der Waals surface area (Å²) in [4.78, 5) is 12.5. The summed E-state index contributed by atoms with van der Waals surface area (Å²) in [6.45, 7) is 3.84. The number of carbonyl (C=O) groups excluding carboxylic acids is 1. The van der Waals surface area contributed by atoms with Crippen molar-refractivity contribution in [1.82, 2.24) is 0 Å². The predicted molar refractivity (Wildman–Crippen MR) is 170 cm³/mol. The molecule has 0 spiro atoms. The van der Waals surface area contributed by atoms with Crippen LogP contribution < -0.4 is 0 Å². The lowest BCUT2D eigenvalue weighted by Gasteiger charge is -2.41. The zero-order valence-corrected chi connectivity index (χ0v) is 28.5. The topological polar surface area (TPSA) is 178 Å². The largest absolute Gasteiger partial charge is 0.457 e. The Morgan fingerprint density at radius 2 is 1.27 bits per heavy atom. The zero-order valence-electron chi connectivity index (χ0n) is 27.7. The summed E-state index contributed by atoms with van der Waals surface area (Å²) < 4.78 is 58.2. The van der Waals surface area contributed by atoms with E-state index in [0.717, 1.165) is 38.5 Å². The van der Waals surface area contributed by atoms with Gasteiger partial charge in [-0.05, 0) is 12.8 Å². The Morgan fingerprint density at radius 3 is 1.78 bits per heavy atom. The minimum absolute atomic E-state index is 0.0406. The molecule has 0 aromatic heterocycles. The Kier molecular flexibility index (Phi) is 24.4. The maximum atomic E-state index is 12.5. The van der Waals surface area contributed by atoms with Gasteiger partial charge in [0.05, 0.1) is 19.8 Å². The lowest BCUT2D eigenvalue weighted by atomic mass is 9.99. The maximum absolute atomic E-state index is 12.5. The Bertz CT molecular complexity index is 827. The van der Waals surface area contributed by atoms with Crippen LogP contribution in [-0.4, -0.2) is 97.5 Å². The monoisotopic (exact) mass is 670 g/mol. The van der Waals surface area contributed by atoms with Crippen molar-refractivity contribution < 1.29 is 56.2 Å². The van der Waals surface area contributed by atoms with E-state index in [9.17, 15) is 28.5 Å². The summed E-state index contributed by atoms with van der Waals surface area (Å²) >= 11 is 0. The van der Waals surface area contributed by atoms with Gasteiger partial charge in [-0.1, -0.05) is 117 Å². The second-order valence-corrected chi connectivity index (χ2v) is 13.2.